The van der Waals surface area contributed by atoms with Crippen LogP contribution in [0.5, 0.6) is 0 Å². The summed E-state index contributed by atoms with van der Waals surface area (Å²) in [6.07, 6.45) is 1.50. The van der Waals surface area contributed by atoms with Crippen molar-refractivity contribution in [1.29, 1.82) is 0 Å². The fourth-order valence-corrected chi connectivity index (χ4v) is 2.99. The molecular formula is C18H16N4O3S. The Labute approximate surface area is 153 Å². The Hall–Kier alpha value is -3.26. The molecule has 0 aliphatic carbocycles. The van der Waals surface area contributed by atoms with Crippen molar-refractivity contribution < 1.29 is 9.59 Å². The van der Waals surface area contributed by atoms with E-state index in [0.29, 0.717) is 0 Å². The van der Waals surface area contributed by atoms with E-state index in [1.54, 1.807) is 17.5 Å². The van der Waals surface area contributed by atoms with Gasteiger partial charge in [-0.15, -0.1) is 11.3 Å². The summed E-state index contributed by atoms with van der Waals surface area (Å²) in [5, 5.41) is 2.34. The average molecular weight is 368 g/mol. The first-order chi connectivity index (χ1) is 12.5. The lowest BCUT2D eigenvalue weighted by Crippen LogP contribution is -2.44. The molecule has 3 aromatic rings. The fourth-order valence-electron chi connectivity index (χ4n) is 2.18. The number of pyridine rings is 1. The molecule has 0 atom stereocenters. The second-order valence-electron chi connectivity index (χ2n) is 5.57. The monoisotopic (exact) mass is 368 g/mol. The molecule has 7 nitrogen and oxygen atoms in total. The number of hydrogen-bond acceptors (Lipinski definition) is 5. The summed E-state index contributed by atoms with van der Waals surface area (Å²) in [4.78, 5) is 39.8. The van der Waals surface area contributed by atoms with Gasteiger partial charge in [0.05, 0.1) is 0 Å². The fraction of sp³-hybridized carbons (Fsp3) is 0.111. The van der Waals surface area contributed by atoms with Gasteiger partial charge >= 0.3 is 0 Å². The van der Waals surface area contributed by atoms with Gasteiger partial charge in [0.15, 0.2) is 0 Å². The second kappa shape index (κ2) is 7.75. The van der Waals surface area contributed by atoms with E-state index in [0.717, 1.165) is 16.1 Å². The molecule has 0 fully saturated rings. The van der Waals surface area contributed by atoms with Crippen LogP contribution in [-0.2, 0) is 11.3 Å². The van der Waals surface area contributed by atoms with Crippen molar-refractivity contribution in [3.05, 3.63) is 75.7 Å². The first-order valence-electron chi connectivity index (χ1n) is 7.80. The first-order valence-corrected chi connectivity index (χ1v) is 8.68. The van der Waals surface area contributed by atoms with Crippen LogP contribution in [0.3, 0.4) is 0 Å². The van der Waals surface area contributed by atoms with E-state index >= 15 is 0 Å². The van der Waals surface area contributed by atoms with Crippen molar-refractivity contribution in [1.82, 2.24) is 20.4 Å². The standard InChI is InChI=1S/C18H16N4O3S/c1-12-5-7-13(8-6-12)18-19-14(11-26-18)17(25)21-20-15(23)10-22-9-3-2-4-16(22)24/h2-9,11H,10H2,1H3,(H,20,23)(H,21,25). The highest BCUT2D eigenvalue weighted by atomic mass is 32.1. The molecule has 0 unspecified atom stereocenters. The molecule has 1 aromatic carbocycles. The molecule has 0 aliphatic heterocycles. The summed E-state index contributed by atoms with van der Waals surface area (Å²) in [7, 11) is 0. The number of nitrogens with one attached hydrogen (secondary N) is 2. The number of amides is 2. The average Bonchev–Trinajstić information content (AvgIpc) is 3.12. The number of carbonyl (C=O) groups is 2. The smallest absolute Gasteiger partial charge is 0.289 e. The highest BCUT2D eigenvalue weighted by molar-refractivity contribution is 7.13. The van der Waals surface area contributed by atoms with Crippen LogP contribution in [0, 0.1) is 6.92 Å². The van der Waals surface area contributed by atoms with Crippen molar-refractivity contribution in [2.75, 3.05) is 0 Å². The Morgan fingerprint density at radius 2 is 1.88 bits per heavy atom. The maximum absolute atomic E-state index is 12.1. The van der Waals surface area contributed by atoms with Gasteiger partial charge in [-0.05, 0) is 13.0 Å². The van der Waals surface area contributed by atoms with E-state index in [9.17, 15) is 14.4 Å². The van der Waals surface area contributed by atoms with Crippen LogP contribution in [0.2, 0.25) is 0 Å². The van der Waals surface area contributed by atoms with Gasteiger partial charge in [-0.2, -0.15) is 0 Å². The molecule has 0 aliphatic rings. The predicted octanol–water partition coefficient (Wildman–Crippen LogP) is 1.74. The molecule has 0 saturated heterocycles. The maximum atomic E-state index is 12.1. The van der Waals surface area contributed by atoms with Gasteiger partial charge in [0.1, 0.15) is 17.2 Å². The van der Waals surface area contributed by atoms with Crippen LogP contribution >= 0.6 is 11.3 Å². The molecule has 0 bridgehead atoms. The summed E-state index contributed by atoms with van der Waals surface area (Å²) in [5.41, 5.74) is 6.56. The summed E-state index contributed by atoms with van der Waals surface area (Å²) in [6.45, 7) is 1.81. The van der Waals surface area contributed by atoms with Gasteiger partial charge in [0, 0.05) is 23.2 Å². The van der Waals surface area contributed by atoms with Crippen molar-refractivity contribution in [2.45, 2.75) is 13.5 Å². The molecule has 132 valence electrons. The van der Waals surface area contributed by atoms with Crippen LogP contribution in [0.25, 0.3) is 10.6 Å². The largest absolute Gasteiger partial charge is 0.306 e. The lowest BCUT2D eigenvalue weighted by molar-refractivity contribution is -0.122. The topological polar surface area (TPSA) is 93.1 Å². The lowest BCUT2D eigenvalue weighted by Gasteiger charge is -2.07. The van der Waals surface area contributed by atoms with Crippen LogP contribution in [0.1, 0.15) is 16.1 Å². The highest BCUT2D eigenvalue weighted by Gasteiger charge is 2.13. The molecule has 0 spiro atoms. The van der Waals surface area contributed by atoms with Crippen LogP contribution < -0.4 is 16.4 Å². The molecular weight excluding hydrogens is 352 g/mol. The van der Waals surface area contributed by atoms with Crippen molar-refractivity contribution in [3.63, 3.8) is 0 Å². The van der Waals surface area contributed by atoms with Crippen molar-refractivity contribution in [3.8, 4) is 10.6 Å². The summed E-state index contributed by atoms with van der Waals surface area (Å²) >= 11 is 1.35. The minimum Gasteiger partial charge on any atom is -0.306 e. The number of aryl methyl sites for hydroxylation is 1. The maximum Gasteiger partial charge on any atom is 0.289 e. The zero-order valence-corrected chi connectivity index (χ0v) is 14.7. The number of carbonyl (C=O) groups excluding carboxylic acids is 2. The Morgan fingerprint density at radius 3 is 2.62 bits per heavy atom. The number of thiazole rings is 1. The number of rotatable bonds is 4. The first kappa shape index (κ1) is 17.6. The lowest BCUT2D eigenvalue weighted by atomic mass is 10.2. The minimum atomic E-state index is -0.520. The van der Waals surface area contributed by atoms with Gasteiger partial charge in [-0.25, -0.2) is 4.98 Å². The Kier molecular flexibility index (Phi) is 5.23. The Morgan fingerprint density at radius 1 is 1.12 bits per heavy atom. The molecule has 26 heavy (non-hydrogen) atoms. The Balaban J connectivity index is 1.58. The van der Waals surface area contributed by atoms with E-state index < -0.39 is 11.8 Å². The second-order valence-corrected chi connectivity index (χ2v) is 6.43. The third-order valence-corrected chi connectivity index (χ3v) is 4.46. The van der Waals surface area contributed by atoms with E-state index in [2.05, 4.69) is 15.8 Å². The van der Waals surface area contributed by atoms with Crippen LogP contribution in [0.15, 0.2) is 58.8 Å². The molecule has 0 radical (unpaired) electrons. The van der Waals surface area contributed by atoms with Gasteiger partial charge < -0.3 is 4.57 Å². The summed E-state index contributed by atoms with van der Waals surface area (Å²) in [5.74, 6) is -1.03. The van der Waals surface area contributed by atoms with Gasteiger partial charge in [-0.3, -0.25) is 25.2 Å². The number of hydrazine groups is 1. The van der Waals surface area contributed by atoms with Gasteiger partial charge in [0.25, 0.3) is 17.4 Å². The number of nitrogens with zero attached hydrogens (tertiary/aromatic N) is 2. The number of hydrogen-bond donors (Lipinski definition) is 2. The van der Waals surface area contributed by atoms with Crippen LogP contribution in [0.4, 0.5) is 0 Å². The van der Waals surface area contributed by atoms with Crippen LogP contribution in [-0.4, -0.2) is 21.4 Å². The summed E-state index contributed by atoms with van der Waals surface area (Å²) in [6, 6.07) is 12.4. The highest BCUT2D eigenvalue weighted by Crippen LogP contribution is 2.23. The SMILES string of the molecule is Cc1ccc(-c2nc(C(=O)NNC(=O)Cn3ccccc3=O)cs2)cc1. The zero-order chi connectivity index (χ0) is 18.5. The molecule has 2 heterocycles. The van der Waals surface area contributed by atoms with Gasteiger partial charge in [0.2, 0.25) is 0 Å². The van der Waals surface area contributed by atoms with E-state index in [-0.39, 0.29) is 17.8 Å². The minimum absolute atomic E-state index is 0.189. The molecule has 2 amide bonds. The van der Waals surface area contributed by atoms with Gasteiger partial charge in [-0.1, -0.05) is 35.9 Å². The van der Waals surface area contributed by atoms with E-state index in [1.165, 1.54) is 28.2 Å². The van der Waals surface area contributed by atoms with Crippen molar-refractivity contribution >= 4 is 23.2 Å². The molecule has 0 saturated carbocycles. The molecule has 2 N–H and O–H groups in total. The quantitative estimate of drug-likeness (QED) is 0.686. The third-order valence-electron chi connectivity index (χ3n) is 3.56. The van der Waals surface area contributed by atoms with E-state index in [1.807, 2.05) is 31.2 Å². The Bertz CT molecular complexity index is 992. The van der Waals surface area contributed by atoms with Crippen molar-refractivity contribution in [2.24, 2.45) is 0 Å². The molecule has 8 heteroatoms. The zero-order valence-electron chi connectivity index (χ0n) is 13.9. The number of benzene rings is 1. The molecule has 3 rings (SSSR count). The van der Waals surface area contributed by atoms with E-state index in [4.69, 9.17) is 0 Å². The third kappa shape index (κ3) is 4.22. The predicted molar refractivity (Wildman–Crippen MR) is 98.6 cm³/mol. The summed E-state index contributed by atoms with van der Waals surface area (Å²) < 4.78 is 1.24. The number of aromatic nitrogens is 2. The molecule has 2 aromatic heterocycles. The normalized spacial score (nSPS) is 10.3.